The molecule has 1 aromatic rings. The largest absolute Gasteiger partial charge is 0.391 e. The fourth-order valence-electron chi connectivity index (χ4n) is 2.09. The average Bonchev–Trinajstić information content (AvgIpc) is 2.33. The Morgan fingerprint density at radius 1 is 1.41 bits per heavy atom. The van der Waals surface area contributed by atoms with Gasteiger partial charge in [0.2, 0.25) is 0 Å². The lowest BCUT2D eigenvalue weighted by atomic mass is 9.92. The number of nitrogens with zero attached hydrogens (tertiary/aromatic N) is 1. The fraction of sp³-hybridized carbons (Fsp3) is 0.500. The number of anilines is 1. The maximum Gasteiger partial charge on any atom is 0.126 e. The van der Waals surface area contributed by atoms with E-state index >= 15 is 0 Å². The minimum absolute atomic E-state index is 0.104. The highest BCUT2D eigenvalue weighted by Crippen LogP contribution is 2.21. The van der Waals surface area contributed by atoms with Crippen molar-refractivity contribution in [2.75, 3.05) is 5.32 Å². The van der Waals surface area contributed by atoms with Crippen LogP contribution in [0.4, 0.5) is 5.82 Å². The number of aliphatic hydroxyl groups is 1. The highest BCUT2D eigenvalue weighted by molar-refractivity contribution is 7.80. The van der Waals surface area contributed by atoms with E-state index in [0.29, 0.717) is 4.99 Å². The predicted molar refractivity (Wildman–Crippen MR) is 72.0 cm³/mol. The van der Waals surface area contributed by atoms with Crippen molar-refractivity contribution in [3.05, 3.63) is 23.9 Å². The maximum absolute atomic E-state index is 9.84. The molecule has 1 heterocycles. The van der Waals surface area contributed by atoms with Crippen LogP contribution in [0, 0.1) is 0 Å². The Bertz CT molecular complexity index is 393. The quantitative estimate of drug-likeness (QED) is 0.709. The first-order valence-electron chi connectivity index (χ1n) is 5.87. The van der Waals surface area contributed by atoms with Crippen LogP contribution in [-0.4, -0.2) is 27.2 Å². The monoisotopic (exact) mass is 251 g/mol. The van der Waals surface area contributed by atoms with Crippen molar-refractivity contribution >= 4 is 23.0 Å². The van der Waals surface area contributed by atoms with Gasteiger partial charge < -0.3 is 16.2 Å². The smallest absolute Gasteiger partial charge is 0.126 e. The molecular weight excluding hydrogens is 234 g/mol. The summed E-state index contributed by atoms with van der Waals surface area (Å²) < 4.78 is 0. The van der Waals surface area contributed by atoms with Gasteiger partial charge in [-0.1, -0.05) is 25.1 Å². The van der Waals surface area contributed by atoms with Crippen LogP contribution in [0.3, 0.4) is 0 Å². The minimum Gasteiger partial charge on any atom is -0.391 e. The van der Waals surface area contributed by atoms with Crippen molar-refractivity contribution in [3.63, 3.8) is 0 Å². The van der Waals surface area contributed by atoms with Crippen LogP contribution in [0.5, 0.6) is 0 Å². The predicted octanol–water partition coefficient (Wildman–Crippen LogP) is 1.43. The number of thiocarbonyl (C=S) groups is 1. The van der Waals surface area contributed by atoms with Crippen molar-refractivity contribution in [3.8, 4) is 0 Å². The zero-order chi connectivity index (χ0) is 12.3. The van der Waals surface area contributed by atoms with Gasteiger partial charge >= 0.3 is 0 Å². The van der Waals surface area contributed by atoms with E-state index in [4.69, 9.17) is 18.0 Å². The molecular formula is C12H17N3OS. The van der Waals surface area contributed by atoms with Gasteiger partial charge in [0.25, 0.3) is 0 Å². The lowest BCUT2D eigenvalue weighted by molar-refractivity contribution is 0.116. The van der Waals surface area contributed by atoms with E-state index in [-0.39, 0.29) is 12.1 Å². The first-order chi connectivity index (χ1) is 8.16. The molecule has 92 valence electrons. The molecule has 0 aromatic carbocycles. The molecule has 2 rings (SSSR count). The third kappa shape index (κ3) is 3.14. The first-order valence-corrected chi connectivity index (χ1v) is 6.28. The lowest BCUT2D eigenvalue weighted by Gasteiger charge is -2.28. The maximum atomic E-state index is 9.84. The van der Waals surface area contributed by atoms with Gasteiger partial charge in [0.15, 0.2) is 0 Å². The van der Waals surface area contributed by atoms with Gasteiger partial charge in [0.05, 0.1) is 12.1 Å². The summed E-state index contributed by atoms with van der Waals surface area (Å²) in [6, 6.07) is 3.79. The van der Waals surface area contributed by atoms with E-state index in [9.17, 15) is 5.11 Å². The summed E-state index contributed by atoms with van der Waals surface area (Å²) in [5.74, 6) is 0.760. The van der Waals surface area contributed by atoms with E-state index in [2.05, 4.69) is 10.3 Å². The van der Waals surface area contributed by atoms with Crippen molar-refractivity contribution in [2.45, 2.75) is 37.8 Å². The van der Waals surface area contributed by atoms with Crippen LogP contribution >= 0.6 is 12.2 Å². The summed E-state index contributed by atoms with van der Waals surface area (Å²) in [5.41, 5.74) is 6.26. The number of pyridine rings is 1. The Kier molecular flexibility index (Phi) is 3.91. The Morgan fingerprint density at radius 2 is 2.18 bits per heavy atom. The topological polar surface area (TPSA) is 71.2 Å². The van der Waals surface area contributed by atoms with E-state index < -0.39 is 0 Å². The Hall–Kier alpha value is -1.20. The Balaban J connectivity index is 2.00. The molecule has 1 aromatic heterocycles. The van der Waals surface area contributed by atoms with E-state index in [1.807, 2.05) is 12.1 Å². The van der Waals surface area contributed by atoms with Crippen LogP contribution in [0.25, 0.3) is 0 Å². The number of rotatable bonds is 3. The number of hydrogen-bond acceptors (Lipinski definition) is 4. The second-order valence-corrected chi connectivity index (χ2v) is 4.84. The summed E-state index contributed by atoms with van der Waals surface area (Å²) in [6.07, 6.45) is 5.48. The molecule has 2 unspecified atom stereocenters. The molecule has 17 heavy (non-hydrogen) atoms. The minimum atomic E-state index is -0.277. The van der Waals surface area contributed by atoms with Crippen molar-refractivity contribution in [2.24, 2.45) is 5.73 Å². The SMILES string of the molecule is NC(=S)c1ccc(NC2CCCCC2O)nc1. The van der Waals surface area contributed by atoms with E-state index in [1.54, 1.807) is 6.20 Å². The third-order valence-corrected chi connectivity index (χ3v) is 3.35. The Morgan fingerprint density at radius 3 is 2.76 bits per heavy atom. The van der Waals surface area contributed by atoms with Gasteiger partial charge in [-0.15, -0.1) is 0 Å². The van der Waals surface area contributed by atoms with E-state index in [1.165, 1.54) is 0 Å². The number of aliphatic hydroxyl groups excluding tert-OH is 1. The molecule has 0 saturated heterocycles. The van der Waals surface area contributed by atoms with Gasteiger partial charge in [0.1, 0.15) is 10.8 Å². The molecule has 1 aliphatic carbocycles. The molecule has 2 atom stereocenters. The van der Waals surface area contributed by atoms with Crippen molar-refractivity contribution < 1.29 is 5.11 Å². The second-order valence-electron chi connectivity index (χ2n) is 4.40. The zero-order valence-corrected chi connectivity index (χ0v) is 10.4. The van der Waals surface area contributed by atoms with Crippen molar-refractivity contribution in [1.82, 2.24) is 4.98 Å². The van der Waals surface area contributed by atoms with Gasteiger partial charge in [-0.2, -0.15) is 0 Å². The van der Waals surface area contributed by atoms with Gasteiger partial charge in [-0.3, -0.25) is 0 Å². The average molecular weight is 251 g/mol. The zero-order valence-electron chi connectivity index (χ0n) is 9.60. The summed E-state index contributed by atoms with van der Waals surface area (Å²) >= 11 is 4.86. The molecule has 1 saturated carbocycles. The number of nitrogens with two attached hydrogens (primary N) is 1. The normalized spacial score (nSPS) is 24.3. The molecule has 4 nitrogen and oxygen atoms in total. The highest BCUT2D eigenvalue weighted by Gasteiger charge is 2.22. The first kappa shape index (κ1) is 12.3. The van der Waals surface area contributed by atoms with Crippen LogP contribution in [-0.2, 0) is 0 Å². The second kappa shape index (κ2) is 5.42. The molecule has 1 fully saturated rings. The molecule has 0 amide bonds. The standard InChI is InChI=1S/C12H17N3OS/c13-12(17)8-5-6-11(14-7-8)15-9-3-1-2-4-10(9)16/h5-7,9-10,16H,1-4H2,(H2,13,17)(H,14,15). The molecule has 4 N–H and O–H groups in total. The van der Waals surface area contributed by atoms with Crippen LogP contribution in [0.15, 0.2) is 18.3 Å². The van der Waals surface area contributed by atoms with Crippen LogP contribution in [0.2, 0.25) is 0 Å². The summed E-state index contributed by atoms with van der Waals surface area (Å²) in [7, 11) is 0. The number of nitrogens with one attached hydrogen (secondary N) is 1. The summed E-state index contributed by atoms with van der Waals surface area (Å²) in [5, 5.41) is 13.1. The van der Waals surface area contributed by atoms with Gasteiger partial charge in [-0.05, 0) is 25.0 Å². The number of aromatic nitrogens is 1. The van der Waals surface area contributed by atoms with Crippen LogP contribution in [0.1, 0.15) is 31.2 Å². The van der Waals surface area contributed by atoms with Crippen molar-refractivity contribution in [1.29, 1.82) is 0 Å². The molecule has 5 heteroatoms. The van der Waals surface area contributed by atoms with Gasteiger partial charge in [-0.25, -0.2) is 4.98 Å². The fourth-order valence-corrected chi connectivity index (χ4v) is 2.22. The molecule has 0 radical (unpaired) electrons. The molecule has 0 bridgehead atoms. The third-order valence-electron chi connectivity index (χ3n) is 3.11. The summed E-state index contributed by atoms with van der Waals surface area (Å²) in [6.45, 7) is 0. The van der Waals surface area contributed by atoms with Gasteiger partial charge in [0, 0.05) is 11.8 Å². The van der Waals surface area contributed by atoms with Crippen LogP contribution < -0.4 is 11.1 Å². The highest BCUT2D eigenvalue weighted by atomic mass is 32.1. The lowest BCUT2D eigenvalue weighted by Crippen LogP contribution is -2.36. The van der Waals surface area contributed by atoms with E-state index in [0.717, 1.165) is 37.1 Å². The number of hydrogen-bond donors (Lipinski definition) is 3. The molecule has 0 spiro atoms. The Labute approximate surface area is 106 Å². The molecule has 1 aliphatic rings. The molecule has 0 aliphatic heterocycles. The summed E-state index contributed by atoms with van der Waals surface area (Å²) in [4.78, 5) is 4.59.